The molecule has 6 fully saturated rings. The van der Waals surface area contributed by atoms with E-state index in [2.05, 4.69) is 68.4 Å². The lowest BCUT2D eigenvalue weighted by Gasteiger charge is -2.44. The Kier molecular flexibility index (Phi) is 16.0. The van der Waals surface area contributed by atoms with Gasteiger partial charge in [0, 0.05) is 113 Å². The molecular formula is C62H75N13O7S. The molecule has 21 heteroatoms. The molecular weight excluding hydrogens is 1070 g/mol. The van der Waals surface area contributed by atoms with Crippen molar-refractivity contribution < 1.29 is 33.8 Å². The number of β-amino-alcohol motifs (C(OH)–C–C–N with tert-alkyl or cyclic N) is 1. The molecule has 20 nitrogen and oxygen atoms in total. The fraction of sp³-hybridized carbons (Fsp3) is 0.516. The highest BCUT2D eigenvalue weighted by atomic mass is 32.1. The fourth-order valence-corrected chi connectivity index (χ4v) is 14.4. The number of nitrogen functional groups attached to an aromatic ring is 1. The van der Waals surface area contributed by atoms with Crippen molar-refractivity contribution in [2.75, 3.05) is 72.8 Å². The number of phenolic OH excluding ortho intramolecular Hbond substituents is 1. The molecule has 4 aromatic heterocycles. The van der Waals surface area contributed by atoms with E-state index in [1.54, 1.807) is 23.5 Å². The molecule has 9 heterocycles. The third-order valence-electron chi connectivity index (χ3n) is 18.3. The summed E-state index contributed by atoms with van der Waals surface area (Å²) < 4.78 is 19.0. The second-order valence-corrected chi connectivity index (χ2v) is 25.1. The van der Waals surface area contributed by atoms with E-state index >= 15 is 0 Å². The molecule has 0 radical (unpaired) electrons. The van der Waals surface area contributed by atoms with E-state index in [1.807, 2.05) is 87.9 Å². The lowest BCUT2D eigenvalue weighted by Crippen LogP contribution is -2.54. The number of benzene rings is 2. The van der Waals surface area contributed by atoms with Gasteiger partial charge in [-0.25, -0.2) is 9.97 Å². The molecule has 6 atom stereocenters. The Balaban J connectivity index is 0.580. The Morgan fingerprint density at radius 3 is 2.34 bits per heavy atom. The van der Waals surface area contributed by atoms with Crippen LogP contribution in [0.3, 0.4) is 0 Å². The maximum atomic E-state index is 14.5. The van der Waals surface area contributed by atoms with Crippen molar-refractivity contribution in [2.24, 2.45) is 11.3 Å². The van der Waals surface area contributed by atoms with Crippen LogP contribution in [0.4, 0.5) is 23.0 Å². The maximum Gasteiger partial charge on any atom is 0.243 e. The molecule has 436 valence electrons. The minimum atomic E-state index is -0.836. The van der Waals surface area contributed by atoms with Crippen LogP contribution in [-0.4, -0.2) is 152 Å². The first-order valence-corrected chi connectivity index (χ1v) is 30.4. The third kappa shape index (κ3) is 11.8. The Hall–Kier alpha value is -7.38. The summed E-state index contributed by atoms with van der Waals surface area (Å²) in [6.07, 6.45) is 8.47. The van der Waals surface area contributed by atoms with Gasteiger partial charge in [-0.1, -0.05) is 55.4 Å². The molecule has 2 unspecified atom stereocenters. The molecule has 5 aliphatic heterocycles. The minimum absolute atomic E-state index is 0.0449. The largest absolute Gasteiger partial charge is 0.507 e. The number of anilines is 4. The average Bonchev–Trinajstić information content (AvgIpc) is 4.32. The third-order valence-corrected chi connectivity index (χ3v) is 19.3. The number of amides is 2. The highest BCUT2D eigenvalue weighted by Gasteiger charge is 2.46. The normalized spacial score (nSPS) is 24.3. The smallest absolute Gasteiger partial charge is 0.243 e. The van der Waals surface area contributed by atoms with Crippen molar-refractivity contribution in [3.05, 3.63) is 102 Å². The summed E-state index contributed by atoms with van der Waals surface area (Å²) in [6.45, 7) is 13.1. The maximum absolute atomic E-state index is 14.5. The van der Waals surface area contributed by atoms with Gasteiger partial charge in [0.15, 0.2) is 17.4 Å². The zero-order valence-electron chi connectivity index (χ0n) is 47.7. The van der Waals surface area contributed by atoms with Crippen LogP contribution in [0.5, 0.6) is 11.6 Å². The number of nitriles is 1. The number of ether oxygens (including phenoxy) is 2. The van der Waals surface area contributed by atoms with Crippen molar-refractivity contribution in [3.8, 4) is 39.4 Å². The van der Waals surface area contributed by atoms with Crippen LogP contribution < -0.4 is 30.5 Å². The number of hydrogen-bond donors (Lipinski definition) is 4. The molecule has 83 heavy (non-hydrogen) atoms. The van der Waals surface area contributed by atoms with Crippen LogP contribution in [0.25, 0.3) is 21.7 Å². The number of aromatic nitrogens is 5. The molecule has 5 N–H and O–H groups in total. The SMILES string of the molecule is Cc1ncsc1-c1ccc([C@H](C)NC(=O)[C@@H]2C[C@@H](O)CN2C(=O)[C@@H](c2cc(N3CCC(C#N)(CN4CCC(O[C@H]5C[C@H](Oc6cc(N7C8CCC7CN(c7cc(-c9ccccc9O)nnc7N)C8)ccn6)C5)CC4)CC3)no2)C(C)C)cc1. The monoisotopic (exact) mass is 1150 g/mol. The first-order valence-electron chi connectivity index (χ1n) is 29.6. The molecule has 6 aliphatic rings. The summed E-state index contributed by atoms with van der Waals surface area (Å²) in [5, 5.41) is 48.1. The highest BCUT2D eigenvalue weighted by Crippen LogP contribution is 2.42. The van der Waals surface area contributed by atoms with Crippen LogP contribution in [-0.2, 0) is 14.3 Å². The number of piperidine rings is 2. The zero-order chi connectivity index (χ0) is 57.5. The summed E-state index contributed by atoms with van der Waals surface area (Å²) in [4.78, 5) is 49.3. The molecule has 2 amide bonds. The summed E-state index contributed by atoms with van der Waals surface area (Å²) in [5.74, 6) is 0.736. The van der Waals surface area contributed by atoms with E-state index in [-0.39, 0.29) is 72.9 Å². The molecule has 12 rings (SSSR count). The number of rotatable bonds is 17. The van der Waals surface area contributed by atoms with Crippen molar-refractivity contribution in [2.45, 2.75) is 140 Å². The predicted molar refractivity (Wildman–Crippen MR) is 316 cm³/mol. The van der Waals surface area contributed by atoms with Crippen LogP contribution in [0.2, 0.25) is 0 Å². The van der Waals surface area contributed by atoms with Gasteiger partial charge in [-0.15, -0.1) is 21.5 Å². The quantitative estimate of drug-likeness (QED) is 0.0678. The Bertz CT molecular complexity index is 3300. The first kappa shape index (κ1) is 56.1. The van der Waals surface area contributed by atoms with Gasteiger partial charge in [0.05, 0.1) is 63.3 Å². The van der Waals surface area contributed by atoms with E-state index in [4.69, 9.17) is 19.7 Å². The number of nitrogens with zero attached hydrogens (tertiary/aromatic N) is 11. The minimum Gasteiger partial charge on any atom is -0.507 e. The molecule has 0 spiro atoms. The Morgan fingerprint density at radius 2 is 1.64 bits per heavy atom. The second kappa shape index (κ2) is 23.7. The van der Waals surface area contributed by atoms with Gasteiger partial charge in [0.2, 0.25) is 17.7 Å². The van der Waals surface area contributed by atoms with Crippen LogP contribution in [0.15, 0.2) is 89.0 Å². The number of aliphatic hydroxyl groups excluding tert-OH is 1. The van der Waals surface area contributed by atoms with Crippen molar-refractivity contribution in [1.82, 2.24) is 40.4 Å². The molecule has 1 aliphatic carbocycles. The van der Waals surface area contributed by atoms with Crippen LogP contribution in [0.1, 0.15) is 108 Å². The number of carbonyl (C=O) groups is 2. The number of piperazine rings is 1. The van der Waals surface area contributed by atoms with Gasteiger partial charge in [0.25, 0.3) is 0 Å². The average molecular weight is 1150 g/mol. The summed E-state index contributed by atoms with van der Waals surface area (Å²) in [5.41, 5.74) is 13.9. The summed E-state index contributed by atoms with van der Waals surface area (Å²) >= 11 is 1.59. The molecule has 6 aromatic rings. The number of pyridine rings is 1. The zero-order valence-corrected chi connectivity index (χ0v) is 48.5. The summed E-state index contributed by atoms with van der Waals surface area (Å²) in [6, 6.07) is 25.2. The van der Waals surface area contributed by atoms with Gasteiger partial charge in [-0.2, -0.15) is 5.26 Å². The number of aromatic hydroxyl groups is 1. The number of phenols is 1. The Morgan fingerprint density at radius 1 is 0.892 bits per heavy atom. The van der Waals surface area contributed by atoms with E-state index in [1.165, 1.54) is 4.90 Å². The predicted octanol–water partition coefficient (Wildman–Crippen LogP) is 7.88. The lowest BCUT2D eigenvalue weighted by atomic mass is 9.79. The molecule has 1 saturated carbocycles. The second-order valence-electron chi connectivity index (χ2n) is 24.2. The topological polar surface area (TPSA) is 249 Å². The van der Waals surface area contributed by atoms with E-state index in [0.29, 0.717) is 67.0 Å². The number of fused-ring (bicyclic) bond motifs is 2. The highest BCUT2D eigenvalue weighted by molar-refractivity contribution is 7.13. The van der Waals surface area contributed by atoms with Crippen molar-refractivity contribution >= 4 is 46.2 Å². The number of hydrogen-bond acceptors (Lipinski definition) is 19. The van der Waals surface area contributed by atoms with E-state index < -0.39 is 23.5 Å². The number of aryl methyl sites for hydroxylation is 1. The number of carbonyl (C=O) groups excluding carboxylic acids is 2. The molecule has 5 saturated heterocycles. The number of thiazole rings is 1. The van der Waals surface area contributed by atoms with Gasteiger partial charge >= 0.3 is 0 Å². The lowest BCUT2D eigenvalue weighted by molar-refractivity contribution is -0.141. The Labute approximate surface area is 488 Å². The molecule has 2 aromatic carbocycles. The number of aliphatic hydroxyl groups is 1. The number of nitrogens with one attached hydrogen (secondary N) is 1. The van der Waals surface area contributed by atoms with E-state index in [0.717, 1.165) is 97.8 Å². The van der Waals surface area contributed by atoms with Gasteiger partial charge in [-0.05, 0) is 93.7 Å². The van der Waals surface area contributed by atoms with Gasteiger partial charge in [-0.3, -0.25) is 9.59 Å². The summed E-state index contributed by atoms with van der Waals surface area (Å²) in [7, 11) is 0. The van der Waals surface area contributed by atoms with Gasteiger partial charge < -0.3 is 59.8 Å². The fourth-order valence-electron chi connectivity index (χ4n) is 13.6. The van der Waals surface area contributed by atoms with Crippen LogP contribution in [0, 0.1) is 29.6 Å². The number of nitrogens with two attached hydrogens (primary N) is 1. The van der Waals surface area contributed by atoms with Crippen LogP contribution >= 0.6 is 11.3 Å². The van der Waals surface area contributed by atoms with Gasteiger partial charge in [0.1, 0.15) is 23.8 Å². The molecule has 2 bridgehead atoms. The van der Waals surface area contributed by atoms with E-state index in [9.17, 15) is 25.1 Å². The number of likely N-dealkylation sites (tertiary alicyclic amines) is 2. The van der Waals surface area contributed by atoms with Crippen molar-refractivity contribution in [3.63, 3.8) is 0 Å². The van der Waals surface area contributed by atoms with Crippen molar-refractivity contribution in [1.29, 1.82) is 5.26 Å². The number of para-hydroxylation sites is 1. The first-order chi connectivity index (χ1) is 40.2. The standard InChI is InChI=1S/C62H75N13O7S/c1-37(2)57(61(79)74-33-45(76)26-52(74)60(78)67-38(3)40-9-11-41(12-10-40)58-39(4)66-36-83-58)54-30-55(70-82-54)72-23-18-62(34-63,19-24-72)35-71-21-16-46(17-22-71)80-47-27-48(28-47)81-56-25-42(15-20-65-56)75-43-13-14-44(75)32-73(31-43)51-29-50(68-69-59(51)64)49-7-5-6-8-53(49)77/h5-12,15,20,25,29-30,36-38,43-48,52,57,76-77H,13-14,16-19,21-24,26-28,31-33,35H2,1-4H3,(H2,64,69)(H,67,78)/t38-,43?,44?,45+,47-,48-,52-,57+/m0/s1.